The van der Waals surface area contributed by atoms with Crippen LogP contribution >= 0.6 is 11.3 Å². The van der Waals surface area contributed by atoms with Crippen molar-refractivity contribution in [1.82, 2.24) is 5.32 Å². The quantitative estimate of drug-likeness (QED) is 0.835. The van der Waals surface area contributed by atoms with E-state index >= 15 is 0 Å². The number of nitrogens with one attached hydrogen (secondary N) is 1. The van der Waals surface area contributed by atoms with Gasteiger partial charge in [0.15, 0.2) is 0 Å². The molecule has 1 aliphatic heterocycles. The Labute approximate surface area is 99.5 Å². The summed E-state index contributed by atoms with van der Waals surface area (Å²) in [5, 5.41) is 7.03. The summed E-state index contributed by atoms with van der Waals surface area (Å²) in [7, 11) is 0. The molecule has 2 aromatic rings. The van der Waals surface area contributed by atoms with Crippen LogP contribution in [0.15, 0.2) is 29.6 Å². The van der Waals surface area contributed by atoms with E-state index in [9.17, 15) is 0 Å². The summed E-state index contributed by atoms with van der Waals surface area (Å²) in [4.78, 5) is 0. The third-order valence-corrected chi connectivity index (χ3v) is 4.38. The maximum atomic E-state index is 6.35. The van der Waals surface area contributed by atoms with Crippen molar-refractivity contribution in [2.45, 2.75) is 24.9 Å². The van der Waals surface area contributed by atoms with E-state index in [1.807, 2.05) is 0 Å². The third kappa shape index (κ3) is 1.65. The zero-order valence-electron chi connectivity index (χ0n) is 9.15. The van der Waals surface area contributed by atoms with Crippen molar-refractivity contribution in [2.24, 2.45) is 5.73 Å². The Morgan fingerprint density at radius 2 is 2.25 bits per heavy atom. The molecule has 16 heavy (non-hydrogen) atoms. The van der Waals surface area contributed by atoms with Crippen LogP contribution in [0.25, 0.3) is 10.1 Å². The fourth-order valence-electron chi connectivity index (χ4n) is 2.49. The summed E-state index contributed by atoms with van der Waals surface area (Å²) >= 11 is 1.79. The second-order valence-corrected chi connectivity index (χ2v) is 5.33. The van der Waals surface area contributed by atoms with Gasteiger partial charge in [0.25, 0.3) is 0 Å². The number of hydrogen-bond donors (Lipinski definition) is 2. The van der Waals surface area contributed by atoms with E-state index in [1.54, 1.807) is 11.3 Å². The Balaban J connectivity index is 1.98. The number of thiophene rings is 1. The SMILES string of the molecule is NC(c1csc2ccccc12)C1CCCN1. The molecule has 1 aromatic carbocycles. The molecule has 3 heteroatoms. The first-order chi connectivity index (χ1) is 7.86. The lowest BCUT2D eigenvalue weighted by Crippen LogP contribution is -2.33. The Bertz CT molecular complexity index is 485. The molecule has 1 aliphatic rings. The molecule has 1 saturated heterocycles. The van der Waals surface area contributed by atoms with Gasteiger partial charge in [0, 0.05) is 16.8 Å². The van der Waals surface area contributed by atoms with Gasteiger partial charge in [-0.2, -0.15) is 0 Å². The summed E-state index contributed by atoms with van der Waals surface area (Å²) in [5.41, 5.74) is 7.66. The number of fused-ring (bicyclic) bond motifs is 1. The molecule has 1 fully saturated rings. The smallest absolute Gasteiger partial charge is 0.0465 e. The highest BCUT2D eigenvalue weighted by molar-refractivity contribution is 7.17. The first-order valence-corrected chi connectivity index (χ1v) is 6.69. The van der Waals surface area contributed by atoms with E-state index < -0.39 is 0 Å². The minimum Gasteiger partial charge on any atom is -0.323 e. The summed E-state index contributed by atoms with van der Waals surface area (Å²) in [6, 6.07) is 9.11. The first-order valence-electron chi connectivity index (χ1n) is 5.81. The van der Waals surface area contributed by atoms with Crippen molar-refractivity contribution < 1.29 is 0 Å². The van der Waals surface area contributed by atoms with Gasteiger partial charge in [0.2, 0.25) is 0 Å². The maximum absolute atomic E-state index is 6.35. The fraction of sp³-hybridized carbons (Fsp3) is 0.385. The third-order valence-electron chi connectivity index (χ3n) is 3.40. The molecular weight excluding hydrogens is 216 g/mol. The lowest BCUT2D eigenvalue weighted by molar-refractivity contribution is 0.504. The molecule has 2 atom stereocenters. The zero-order valence-corrected chi connectivity index (χ0v) is 9.96. The molecule has 0 amide bonds. The second kappa shape index (κ2) is 4.17. The van der Waals surface area contributed by atoms with E-state index in [-0.39, 0.29) is 6.04 Å². The largest absolute Gasteiger partial charge is 0.323 e. The van der Waals surface area contributed by atoms with E-state index in [0.29, 0.717) is 6.04 Å². The van der Waals surface area contributed by atoms with Crippen LogP contribution in [0.2, 0.25) is 0 Å². The predicted molar refractivity (Wildman–Crippen MR) is 69.8 cm³/mol. The minimum atomic E-state index is 0.138. The normalized spacial score (nSPS) is 22.7. The lowest BCUT2D eigenvalue weighted by atomic mass is 9.98. The molecule has 0 bridgehead atoms. The van der Waals surface area contributed by atoms with Gasteiger partial charge in [-0.1, -0.05) is 18.2 Å². The highest BCUT2D eigenvalue weighted by Gasteiger charge is 2.24. The van der Waals surface area contributed by atoms with Crippen LogP contribution in [0, 0.1) is 0 Å². The van der Waals surface area contributed by atoms with Crippen molar-refractivity contribution >= 4 is 21.4 Å². The standard InChI is InChI=1S/C13H16N2S/c14-13(11-5-3-7-15-11)10-8-16-12-6-2-1-4-9(10)12/h1-2,4,6,8,11,13,15H,3,5,7,14H2. The van der Waals surface area contributed by atoms with Crippen LogP contribution in [-0.4, -0.2) is 12.6 Å². The molecule has 2 unspecified atom stereocenters. The van der Waals surface area contributed by atoms with Gasteiger partial charge in [-0.05, 0) is 41.8 Å². The summed E-state index contributed by atoms with van der Waals surface area (Å²) in [6.07, 6.45) is 2.45. The molecule has 84 valence electrons. The highest BCUT2D eigenvalue weighted by atomic mass is 32.1. The van der Waals surface area contributed by atoms with E-state index in [4.69, 9.17) is 5.73 Å². The van der Waals surface area contributed by atoms with E-state index in [2.05, 4.69) is 35.0 Å². The molecule has 2 heterocycles. The van der Waals surface area contributed by atoms with Crippen LogP contribution in [0.1, 0.15) is 24.4 Å². The predicted octanol–water partition coefficient (Wildman–Crippen LogP) is 2.65. The van der Waals surface area contributed by atoms with E-state index in [1.165, 1.54) is 28.5 Å². The van der Waals surface area contributed by atoms with Crippen molar-refractivity contribution in [1.29, 1.82) is 0 Å². The molecule has 0 saturated carbocycles. The van der Waals surface area contributed by atoms with Crippen LogP contribution in [0.5, 0.6) is 0 Å². The zero-order chi connectivity index (χ0) is 11.0. The summed E-state index contributed by atoms with van der Waals surface area (Å²) < 4.78 is 1.34. The van der Waals surface area contributed by atoms with Crippen molar-refractivity contribution in [3.05, 3.63) is 35.2 Å². The average molecular weight is 232 g/mol. The van der Waals surface area contributed by atoms with Crippen LogP contribution in [-0.2, 0) is 0 Å². The molecule has 0 spiro atoms. The number of benzene rings is 1. The Morgan fingerprint density at radius 1 is 1.38 bits per heavy atom. The van der Waals surface area contributed by atoms with Gasteiger partial charge in [-0.25, -0.2) is 0 Å². The van der Waals surface area contributed by atoms with Crippen LogP contribution in [0.3, 0.4) is 0 Å². The molecule has 3 N–H and O–H groups in total. The van der Waals surface area contributed by atoms with Crippen molar-refractivity contribution in [3.8, 4) is 0 Å². The van der Waals surface area contributed by atoms with Crippen molar-refractivity contribution in [2.75, 3.05) is 6.54 Å². The van der Waals surface area contributed by atoms with Gasteiger partial charge >= 0.3 is 0 Å². The molecule has 2 nitrogen and oxygen atoms in total. The topological polar surface area (TPSA) is 38.0 Å². The molecule has 0 aliphatic carbocycles. The highest BCUT2D eigenvalue weighted by Crippen LogP contribution is 2.32. The van der Waals surface area contributed by atoms with E-state index in [0.717, 1.165) is 6.54 Å². The van der Waals surface area contributed by atoms with Gasteiger partial charge < -0.3 is 11.1 Å². The van der Waals surface area contributed by atoms with Gasteiger partial charge in [-0.15, -0.1) is 11.3 Å². The van der Waals surface area contributed by atoms with Gasteiger partial charge in [-0.3, -0.25) is 0 Å². The Kier molecular flexibility index (Phi) is 2.67. The molecule has 0 radical (unpaired) electrons. The first kappa shape index (κ1) is 10.3. The Hall–Kier alpha value is -0.900. The minimum absolute atomic E-state index is 0.138. The summed E-state index contributed by atoms with van der Waals surface area (Å²) in [5.74, 6) is 0. The summed E-state index contributed by atoms with van der Waals surface area (Å²) in [6.45, 7) is 1.11. The molecule has 3 rings (SSSR count). The monoisotopic (exact) mass is 232 g/mol. The van der Waals surface area contributed by atoms with Crippen LogP contribution in [0.4, 0.5) is 0 Å². The molecular formula is C13H16N2S. The van der Waals surface area contributed by atoms with Gasteiger partial charge in [0.1, 0.15) is 0 Å². The second-order valence-electron chi connectivity index (χ2n) is 4.42. The number of rotatable bonds is 2. The van der Waals surface area contributed by atoms with Crippen molar-refractivity contribution in [3.63, 3.8) is 0 Å². The Morgan fingerprint density at radius 3 is 3.06 bits per heavy atom. The molecule has 1 aromatic heterocycles. The average Bonchev–Trinajstić information content (AvgIpc) is 2.98. The lowest BCUT2D eigenvalue weighted by Gasteiger charge is -2.19. The fourth-order valence-corrected chi connectivity index (χ4v) is 3.50. The van der Waals surface area contributed by atoms with Gasteiger partial charge in [0.05, 0.1) is 0 Å². The maximum Gasteiger partial charge on any atom is 0.0465 e. The number of nitrogens with two attached hydrogens (primary N) is 1. The van der Waals surface area contributed by atoms with Crippen LogP contribution < -0.4 is 11.1 Å². The number of hydrogen-bond acceptors (Lipinski definition) is 3.